The van der Waals surface area contributed by atoms with E-state index < -0.39 is 5.54 Å². The van der Waals surface area contributed by atoms with Crippen LogP contribution in [0.25, 0.3) is 0 Å². The molecule has 0 radical (unpaired) electrons. The Bertz CT molecular complexity index is 582. The van der Waals surface area contributed by atoms with Gasteiger partial charge in [-0.25, -0.2) is 0 Å². The van der Waals surface area contributed by atoms with E-state index in [1.165, 1.54) is 18.4 Å². The van der Waals surface area contributed by atoms with Gasteiger partial charge in [0.1, 0.15) is 10.6 Å². The van der Waals surface area contributed by atoms with Crippen molar-refractivity contribution in [3.05, 3.63) is 52.2 Å². The van der Waals surface area contributed by atoms with Gasteiger partial charge in [-0.2, -0.15) is 0 Å². The van der Waals surface area contributed by atoms with Gasteiger partial charge in [0, 0.05) is 0 Å². The standard InChI is InChI=1S/C15H17NO3S/c1-15(10-17,11-6-4-3-5-7-11)16-14(18)13-12(19-2)8-9-20-13/h3-9,17H,10H2,1-2H3,(H,16,18). The van der Waals surface area contributed by atoms with Crippen LogP contribution in [-0.4, -0.2) is 24.7 Å². The van der Waals surface area contributed by atoms with Gasteiger partial charge in [0.2, 0.25) is 0 Å². The lowest BCUT2D eigenvalue weighted by Gasteiger charge is -2.29. The highest BCUT2D eigenvalue weighted by atomic mass is 32.1. The number of nitrogens with one attached hydrogen (secondary N) is 1. The van der Waals surface area contributed by atoms with Gasteiger partial charge in [0.15, 0.2) is 0 Å². The molecular formula is C15H17NO3S. The first-order valence-electron chi connectivity index (χ1n) is 6.21. The van der Waals surface area contributed by atoms with E-state index in [1.807, 2.05) is 30.3 Å². The second kappa shape index (κ2) is 6.07. The molecule has 1 aromatic heterocycles. The van der Waals surface area contributed by atoms with E-state index in [1.54, 1.807) is 18.4 Å². The maximum absolute atomic E-state index is 12.3. The van der Waals surface area contributed by atoms with Crippen LogP contribution in [0.15, 0.2) is 41.8 Å². The zero-order valence-corrected chi connectivity index (χ0v) is 12.2. The van der Waals surface area contributed by atoms with Crippen molar-refractivity contribution in [2.75, 3.05) is 13.7 Å². The third-order valence-corrected chi connectivity index (χ3v) is 4.07. The molecule has 0 bridgehead atoms. The number of hydrogen-bond donors (Lipinski definition) is 2. The molecule has 0 aliphatic rings. The Labute approximate surface area is 122 Å². The quantitative estimate of drug-likeness (QED) is 0.889. The van der Waals surface area contributed by atoms with Crippen LogP contribution >= 0.6 is 11.3 Å². The lowest BCUT2D eigenvalue weighted by molar-refractivity contribution is 0.0851. The molecule has 0 fully saturated rings. The first-order chi connectivity index (χ1) is 9.60. The van der Waals surface area contributed by atoms with E-state index in [9.17, 15) is 9.90 Å². The maximum Gasteiger partial charge on any atom is 0.265 e. The summed E-state index contributed by atoms with van der Waals surface area (Å²) in [5.74, 6) is 0.290. The van der Waals surface area contributed by atoms with E-state index in [0.29, 0.717) is 10.6 Å². The molecule has 1 amide bonds. The van der Waals surface area contributed by atoms with Crippen LogP contribution in [0.1, 0.15) is 22.2 Å². The second-order valence-corrected chi connectivity index (χ2v) is 5.54. The number of carbonyl (C=O) groups excluding carboxylic acids is 1. The average Bonchev–Trinajstić information content (AvgIpc) is 2.96. The van der Waals surface area contributed by atoms with Crippen LogP contribution < -0.4 is 10.1 Å². The van der Waals surface area contributed by atoms with Crippen molar-refractivity contribution in [1.29, 1.82) is 0 Å². The zero-order chi connectivity index (χ0) is 14.6. The van der Waals surface area contributed by atoms with E-state index in [-0.39, 0.29) is 12.5 Å². The number of aliphatic hydroxyl groups is 1. The van der Waals surface area contributed by atoms with E-state index in [2.05, 4.69) is 5.32 Å². The Morgan fingerprint density at radius 1 is 1.35 bits per heavy atom. The number of thiophene rings is 1. The Hall–Kier alpha value is -1.85. The fourth-order valence-electron chi connectivity index (χ4n) is 1.94. The second-order valence-electron chi connectivity index (χ2n) is 4.63. The Balaban J connectivity index is 2.24. The number of ether oxygens (including phenoxy) is 1. The SMILES string of the molecule is COc1ccsc1C(=O)NC(C)(CO)c1ccccc1. The van der Waals surface area contributed by atoms with Crippen LogP contribution in [0.5, 0.6) is 5.75 Å². The molecule has 0 saturated heterocycles. The van der Waals surface area contributed by atoms with Crippen molar-refractivity contribution in [2.24, 2.45) is 0 Å². The van der Waals surface area contributed by atoms with Gasteiger partial charge < -0.3 is 15.2 Å². The molecule has 0 aliphatic carbocycles. The van der Waals surface area contributed by atoms with Gasteiger partial charge in [-0.3, -0.25) is 4.79 Å². The molecule has 1 heterocycles. The van der Waals surface area contributed by atoms with Crippen molar-refractivity contribution in [2.45, 2.75) is 12.5 Å². The summed E-state index contributed by atoms with van der Waals surface area (Å²) in [7, 11) is 1.53. The normalized spacial score (nSPS) is 13.6. The summed E-state index contributed by atoms with van der Waals surface area (Å²) in [5.41, 5.74) is 0.0271. The molecule has 0 aliphatic heterocycles. The first-order valence-corrected chi connectivity index (χ1v) is 7.09. The molecule has 0 spiro atoms. The molecule has 20 heavy (non-hydrogen) atoms. The topological polar surface area (TPSA) is 58.6 Å². The Kier molecular flexibility index (Phi) is 4.42. The average molecular weight is 291 g/mol. The minimum atomic E-state index is -0.826. The van der Waals surface area contributed by atoms with E-state index in [0.717, 1.165) is 5.56 Å². The summed E-state index contributed by atoms with van der Waals surface area (Å²) < 4.78 is 5.15. The summed E-state index contributed by atoms with van der Waals surface area (Å²) in [6, 6.07) is 11.1. The van der Waals surface area contributed by atoms with Crippen molar-refractivity contribution in [1.82, 2.24) is 5.32 Å². The smallest absolute Gasteiger partial charge is 0.265 e. The van der Waals surface area contributed by atoms with Crippen molar-refractivity contribution >= 4 is 17.2 Å². The van der Waals surface area contributed by atoms with Crippen LogP contribution in [0.4, 0.5) is 0 Å². The van der Waals surface area contributed by atoms with Gasteiger partial charge in [0.05, 0.1) is 19.3 Å². The van der Waals surface area contributed by atoms with E-state index in [4.69, 9.17) is 4.74 Å². The molecule has 0 saturated carbocycles. The molecule has 2 rings (SSSR count). The number of methoxy groups -OCH3 is 1. The summed E-state index contributed by atoms with van der Waals surface area (Å²) in [6.07, 6.45) is 0. The fourth-order valence-corrected chi connectivity index (χ4v) is 2.69. The number of benzene rings is 1. The molecule has 5 heteroatoms. The predicted octanol–water partition coefficient (Wildman–Crippen LogP) is 2.39. The van der Waals surface area contributed by atoms with Gasteiger partial charge in [-0.05, 0) is 23.9 Å². The molecule has 1 aromatic carbocycles. The molecule has 2 N–H and O–H groups in total. The van der Waals surface area contributed by atoms with Crippen molar-refractivity contribution in [3.63, 3.8) is 0 Å². The monoisotopic (exact) mass is 291 g/mol. The van der Waals surface area contributed by atoms with Gasteiger partial charge >= 0.3 is 0 Å². The molecular weight excluding hydrogens is 274 g/mol. The third-order valence-electron chi connectivity index (χ3n) is 3.17. The summed E-state index contributed by atoms with van der Waals surface area (Å²) in [5, 5.41) is 14.3. The maximum atomic E-state index is 12.3. The summed E-state index contributed by atoms with van der Waals surface area (Å²) in [4.78, 5) is 12.8. The lowest BCUT2D eigenvalue weighted by Crippen LogP contribution is -2.46. The fraction of sp³-hybridized carbons (Fsp3) is 0.267. The highest BCUT2D eigenvalue weighted by molar-refractivity contribution is 7.12. The lowest BCUT2D eigenvalue weighted by atomic mass is 9.93. The molecule has 4 nitrogen and oxygen atoms in total. The number of carbonyl (C=O) groups is 1. The highest BCUT2D eigenvalue weighted by Gasteiger charge is 2.29. The number of aliphatic hydroxyl groups excluding tert-OH is 1. The summed E-state index contributed by atoms with van der Waals surface area (Å²) >= 11 is 1.31. The highest BCUT2D eigenvalue weighted by Crippen LogP contribution is 2.27. The van der Waals surface area contributed by atoms with Crippen molar-refractivity contribution in [3.8, 4) is 5.75 Å². The minimum absolute atomic E-state index is 0.184. The van der Waals surface area contributed by atoms with Gasteiger partial charge in [-0.15, -0.1) is 11.3 Å². The van der Waals surface area contributed by atoms with Crippen LogP contribution in [0.3, 0.4) is 0 Å². The zero-order valence-electron chi connectivity index (χ0n) is 11.4. The van der Waals surface area contributed by atoms with Crippen LogP contribution in [-0.2, 0) is 5.54 Å². The minimum Gasteiger partial charge on any atom is -0.495 e. The van der Waals surface area contributed by atoms with Crippen LogP contribution in [0.2, 0.25) is 0 Å². The Morgan fingerprint density at radius 3 is 2.65 bits per heavy atom. The largest absolute Gasteiger partial charge is 0.495 e. The molecule has 2 aromatic rings. The van der Waals surface area contributed by atoms with Gasteiger partial charge in [-0.1, -0.05) is 30.3 Å². The predicted molar refractivity (Wildman–Crippen MR) is 79.2 cm³/mol. The molecule has 106 valence electrons. The first kappa shape index (κ1) is 14.6. The number of hydrogen-bond acceptors (Lipinski definition) is 4. The molecule has 1 unspecified atom stereocenters. The van der Waals surface area contributed by atoms with Gasteiger partial charge in [0.25, 0.3) is 5.91 Å². The van der Waals surface area contributed by atoms with Crippen molar-refractivity contribution < 1.29 is 14.6 Å². The Morgan fingerprint density at radius 2 is 2.05 bits per heavy atom. The van der Waals surface area contributed by atoms with Crippen LogP contribution in [0, 0.1) is 0 Å². The number of amides is 1. The van der Waals surface area contributed by atoms with E-state index >= 15 is 0 Å². The third kappa shape index (κ3) is 2.84. The summed E-state index contributed by atoms with van der Waals surface area (Å²) in [6.45, 7) is 1.61. The molecule has 1 atom stereocenters. The number of rotatable bonds is 5.